The number of para-hydroxylation sites is 1. The van der Waals surface area contributed by atoms with Crippen LogP contribution in [0.25, 0.3) is 10.9 Å². The molecule has 0 bridgehead atoms. The minimum atomic E-state index is -0.126. The summed E-state index contributed by atoms with van der Waals surface area (Å²) < 4.78 is 0. The normalized spacial score (nSPS) is 10.1. The van der Waals surface area contributed by atoms with Crippen LogP contribution in [0.5, 0.6) is 0 Å². The Hall–Kier alpha value is -2.28. The second-order valence-electron chi connectivity index (χ2n) is 3.79. The highest BCUT2D eigenvalue weighted by Crippen LogP contribution is 2.14. The second-order valence-corrected chi connectivity index (χ2v) is 3.79. The topological polar surface area (TPSA) is 68.7 Å². The van der Waals surface area contributed by atoms with E-state index in [1.165, 1.54) is 0 Å². The van der Waals surface area contributed by atoms with Gasteiger partial charge < -0.3 is 10.3 Å². The summed E-state index contributed by atoms with van der Waals surface area (Å²) in [7, 11) is 0. The molecule has 4 heteroatoms. The van der Waals surface area contributed by atoms with Gasteiger partial charge in [0.15, 0.2) is 0 Å². The molecule has 1 aromatic carbocycles. The van der Waals surface area contributed by atoms with Crippen molar-refractivity contribution < 1.29 is 4.79 Å². The summed E-state index contributed by atoms with van der Waals surface area (Å²) in [5, 5.41) is 12.2. The molecule has 0 unspecified atom stereocenters. The van der Waals surface area contributed by atoms with Gasteiger partial charge >= 0.3 is 0 Å². The molecule has 0 atom stereocenters. The van der Waals surface area contributed by atoms with Crippen LogP contribution in [-0.4, -0.2) is 17.4 Å². The van der Waals surface area contributed by atoms with E-state index in [0.29, 0.717) is 25.1 Å². The van der Waals surface area contributed by atoms with Gasteiger partial charge in [-0.15, -0.1) is 0 Å². The van der Waals surface area contributed by atoms with Crippen molar-refractivity contribution in [1.29, 1.82) is 5.26 Å². The van der Waals surface area contributed by atoms with Crippen LogP contribution < -0.4 is 5.32 Å². The molecule has 0 saturated carbocycles. The monoisotopic (exact) mass is 227 g/mol. The lowest BCUT2D eigenvalue weighted by molar-refractivity contribution is 0.0949. The van der Waals surface area contributed by atoms with Crippen LogP contribution in [0.3, 0.4) is 0 Å². The van der Waals surface area contributed by atoms with E-state index in [1.54, 1.807) is 0 Å². The van der Waals surface area contributed by atoms with Gasteiger partial charge in [-0.25, -0.2) is 0 Å². The number of hydrogen-bond donors (Lipinski definition) is 2. The Morgan fingerprint density at radius 3 is 3.00 bits per heavy atom. The van der Waals surface area contributed by atoms with Crippen molar-refractivity contribution in [3.63, 3.8) is 0 Å². The highest BCUT2D eigenvalue weighted by molar-refractivity contribution is 5.97. The van der Waals surface area contributed by atoms with E-state index >= 15 is 0 Å². The smallest absolute Gasteiger partial charge is 0.267 e. The Morgan fingerprint density at radius 2 is 2.24 bits per heavy atom. The molecule has 0 spiro atoms. The van der Waals surface area contributed by atoms with Gasteiger partial charge in [-0.1, -0.05) is 18.2 Å². The van der Waals surface area contributed by atoms with Crippen molar-refractivity contribution in [3.05, 3.63) is 36.0 Å². The average Bonchev–Trinajstić information content (AvgIpc) is 2.78. The first-order chi connectivity index (χ1) is 8.31. The third-order valence-corrected chi connectivity index (χ3v) is 2.53. The molecule has 17 heavy (non-hydrogen) atoms. The largest absolute Gasteiger partial charge is 0.351 e. The minimum absolute atomic E-state index is 0.126. The molecular weight excluding hydrogens is 214 g/mol. The van der Waals surface area contributed by atoms with E-state index in [1.807, 2.05) is 36.4 Å². The summed E-state index contributed by atoms with van der Waals surface area (Å²) in [4.78, 5) is 14.8. The summed E-state index contributed by atoms with van der Waals surface area (Å²) in [6.07, 6.45) is 1.15. The van der Waals surface area contributed by atoms with Gasteiger partial charge in [-0.2, -0.15) is 5.26 Å². The number of benzene rings is 1. The van der Waals surface area contributed by atoms with Crippen LogP contribution in [0, 0.1) is 11.3 Å². The van der Waals surface area contributed by atoms with Crippen molar-refractivity contribution in [1.82, 2.24) is 10.3 Å². The third kappa shape index (κ3) is 2.64. The highest BCUT2D eigenvalue weighted by atomic mass is 16.1. The average molecular weight is 227 g/mol. The van der Waals surface area contributed by atoms with Gasteiger partial charge in [0.05, 0.1) is 6.07 Å². The Bertz CT molecular complexity index is 532. The highest BCUT2D eigenvalue weighted by Gasteiger charge is 2.07. The molecule has 2 N–H and O–H groups in total. The number of aromatic nitrogens is 1. The van der Waals surface area contributed by atoms with Crippen molar-refractivity contribution in [3.8, 4) is 6.07 Å². The number of nitrogens with zero attached hydrogens (tertiary/aromatic N) is 1. The summed E-state index contributed by atoms with van der Waals surface area (Å²) >= 11 is 0. The van der Waals surface area contributed by atoms with Gasteiger partial charge in [0.2, 0.25) is 0 Å². The molecule has 1 aromatic heterocycles. The number of aromatic amines is 1. The number of nitriles is 1. The fourth-order valence-corrected chi connectivity index (χ4v) is 1.66. The number of carbonyl (C=O) groups is 1. The maximum Gasteiger partial charge on any atom is 0.267 e. The van der Waals surface area contributed by atoms with Gasteiger partial charge in [0.25, 0.3) is 5.91 Å². The van der Waals surface area contributed by atoms with E-state index in [2.05, 4.69) is 10.3 Å². The zero-order valence-corrected chi connectivity index (χ0v) is 9.36. The standard InChI is InChI=1S/C13H13N3O/c14-7-3-4-8-15-13(17)12-9-10-5-1-2-6-11(10)16-12/h1-2,5-6,9,16H,3-4,8H2,(H,15,17). The van der Waals surface area contributed by atoms with Crippen molar-refractivity contribution in [2.75, 3.05) is 6.54 Å². The first-order valence-electron chi connectivity index (χ1n) is 5.54. The molecule has 0 fully saturated rings. The lowest BCUT2D eigenvalue weighted by atomic mass is 10.2. The molecule has 0 aliphatic carbocycles. The number of H-pyrrole nitrogens is 1. The van der Waals surface area contributed by atoms with Crippen LogP contribution in [0.15, 0.2) is 30.3 Å². The molecule has 4 nitrogen and oxygen atoms in total. The minimum Gasteiger partial charge on any atom is -0.351 e. The predicted molar refractivity (Wildman–Crippen MR) is 65.5 cm³/mol. The number of fused-ring (bicyclic) bond motifs is 1. The first kappa shape index (κ1) is 11.2. The number of nitrogens with one attached hydrogen (secondary N) is 2. The molecule has 1 heterocycles. The van der Waals surface area contributed by atoms with Crippen LogP contribution in [0.4, 0.5) is 0 Å². The SMILES string of the molecule is N#CCCCNC(=O)c1cc2ccccc2[nH]1. The van der Waals surface area contributed by atoms with Crippen molar-refractivity contribution >= 4 is 16.8 Å². The quantitative estimate of drug-likeness (QED) is 0.786. The van der Waals surface area contributed by atoms with Gasteiger partial charge in [0.1, 0.15) is 5.69 Å². The van der Waals surface area contributed by atoms with E-state index in [-0.39, 0.29) is 5.91 Å². The van der Waals surface area contributed by atoms with Crippen molar-refractivity contribution in [2.24, 2.45) is 0 Å². The van der Waals surface area contributed by atoms with Gasteiger partial charge in [-0.3, -0.25) is 4.79 Å². The maximum absolute atomic E-state index is 11.8. The molecule has 0 aliphatic heterocycles. The van der Waals surface area contributed by atoms with Crippen molar-refractivity contribution in [2.45, 2.75) is 12.8 Å². The lowest BCUT2D eigenvalue weighted by Gasteiger charge is -2.00. The first-order valence-corrected chi connectivity index (χ1v) is 5.54. The van der Waals surface area contributed by atoms with Gasteiger partial charge in [0, 0.05) is 23.9 Å². The Kier molecular flexibility index (Phi) is 3.41. The molecule has 0 aliphatic rings. The Labute approximate surface area is 99.3 Å². The Balaban J connectivity index is 2.02. The molecule has 1 amide bonds. The fraction of sp³-hybridized carbons (Fsp3) is 0.231. The predicted octanol–water partition coefficient (Wildman–Crippen LogP) is 2.20. The molecule has 0 saturated heterocycles. The molecule has 2 aromatic rings. The number of unbranched alkanes of at least 4 members (excludes halogenated alkanes) is 1. The number of rotatable bonds is 4. The van der Waals surface area contributed by atoms with Crippen LogP contribution in [0.1, 0.15) is 23.3 Å². The van der Waals surface area contributed by atoms with Crippen LogP contribution in [-0.2, 0) is 0 Å². The summed E-state index contributed by atoms with van der Waals surface area (Å²) in [6.45, 7) is 0.530. The third-order valence-electron chi connectivity index (χ3n) is 2.53. The summed E-state index contributed by atoms with van der Waals surface area (Å²) in [6, 6.07) is 11.6. The molecule has 0 radical (unpaired) electrons. The Morgan fingerprint density at radius 1 is 1.41 bits per heavy atom. The molecule has 2 rings (SSSR count). The van der Waals surface area contributed by atoms with E-state index in [9.17, 15) is 4.79 Å². The second kappa shape index (κ2) is 5.17. The van der Waals surface area contributed by atoms with E-state index < -0.39 is 0 Å². The number of amides is 1. The molecule has 86 valence electrons. The zero-order valence-electron chi connectivity index (χ0n) is 9.36. The fourth-order valence-electron chi connectivity index (χ4n) is 1.66. The van der Waals surface area contributed by atoms with E-state index in [0.717, 1.165) is 10.9 Å². The number of hydrogen-bond acceptors (Lipinski definition) is 2. The number of carbonyl (C=O) groups excluding carboxylic acids is 1. The van der Waals surface area contributed by atoms with E-state index in [4.69, 9.17) is 5.26 Å². The molecular formula is C13H13N3O. The maximum atomic E-state index is 11.8. The van der Waals surface area contributed by atoms with Crippen LogP contribution >= 0.6 is 0 Å². The lowest BCUT2D eigenvalue weighted by Crippen LogP contribution is -2.24. The zero-order chi connectivity index (χ0) is 12.1. The van der Waals surface area contributed by atoms with Gasteiger partial charge in [-0.05, 0) is 18.6 Å². The van der Waals surface area contributed by atoms with Crippen LogP contribution in [0.2, 0.25) is 0 Å². The summed E-state index contributed by atoms with van der Waals surface area (Å²) in [5.74, 6) is -0.126. The summed E-state index contributed by atoms with van der Waals surface area (Å²) in [5.41, 5.74) is 1.51.